The minimum Gasteiger partial charge on any atom is -0.428 e. The Hall–Kier alpha value is -4.22. The first kappa shape index (κ1) is 28.4. The third kappa shape index (κ3) is 5.84. The van der Waals surface area contributed by atoms with Crippen LogP contribution >= 0.6 is 0 Å². The first-order valence-electron chi connectivity index (χ1n) is 10.4. The van der Waals surface area contributed by atoms with Gasteiger partial charge in [0.05, 0.1) is 0 Å². The first-order chi connectivity index (χ1) is 17.8. The number of hydrogen-bond donors (Lipinski definition) is 0. The van der Waals surface area contributed by atoms with E-state index in [-0.39, 0.29) is 11.5 Å². The molecule has 0 heterocycles. The van der Waals surface area contributed by atoms with E-state index in [1.54, 1.807) is 6.92 Å². The van der Waals surface area contributed by atoms with Gasteiger partial charge in [0.2, 0.25) is 0 Å². The Morgan fingerprint density at radius 1 is 0.553 bits per heavy atom. The highest BCUT2D eigenvalue weighted by Crippen LogP contribution is 2.41. The van der Waals surface area contributed by atoms with Gasteiger partial charge in [0.25, 0.3) is 0 Å². The van der Waals surface area contributed by atoms with Gasteiger partial charge in [-0.25, -0.2) is 0 Å². The molecule has 0 bridgehead atoms. The molecule has 38 heavy (non-hydrogen) atoms. The molecule has 12 heteroatoms. The average Bonchev–Trinajstić information content (AvgIpc) is 2.89. The Bertz CT molecular complexity index is 1290. The number of carbonyl (C=O) groups excluding carboxylic acids is 1. The summed E-state index contributed by atoms with van der Waals surface area (Å²) in [5, 5.41) is 0. The average molecular weight is 546 g/mol. The van der Waals surface area contributed by atoms with Crippen molar-refractivity contribution in [2.75, 3.05) is 0 Å². The minimum absolute atomic E-state index is 0.294. The topological polar surface area (TPSA) is 35.5 Å². The van der Waals surface area contributed by atoms with Gasteiger partial charge < -0.3 is 9.47 Å². The van der Waals surface area contributed by atoms with Gasteiger partial charge in [-0.15, -0.1) is 0 Å². The number of ether oxygens (including phenoxy) is 2. The van der Waals surface area contributed by atoms with Crippen LogP contribution in [0.15, 0.2) is 97.0 Å². The summed E-state index contributed by atoms with van der Waals surface area (Å²) in [5.41, 5.74) is -1.12. The molecular weight excluding hydrogens is 531 g/mol. The van der Waals surface area contributed by atoms with Crippen LogP contribution in [0.2, 0.25) is 0 Å². The molecule has 0 aliphatic heterocycles. The number of hydrogen-bond acceptors (Lipinski definition) is 3. The van der Waals surface area contributed by atoms with Gasteiger partial charge in [-0.2, -0.15) is 39.5 Å². The van der Waals surface area contributed by atoms with Crippen molar-refractivity contribution in [1.82, 2.24) is 0 Å². The lowest BCUT2D eigenvalue weighted by molar-refractivity contribution is -0.157. The second kappa shape index (κ2) is 11.0. The lowest BCUT2D eigenvalue weighted by Crippen LogP contribution is -2.26. The van der Waals surface area contributed by atoms with Gasteiger partial charge in [-0.3, -0.25) is 4.79 Å². The Morgan fingerprint density at radius 3 is 1.13 bits per heavy atom. The monoisotopic (exact) mass is 546 g/mol. The third-order valence-corrected chi connectivity index (χ3v) is 5.65. The van der Waals surface area contributed by atoms with E-state index in [0.717, 1.165) is 36.4 Å². The smallest absolute Gasteiger partial charge is 0.375 e. The van der Waals surface area contributed by atoms with Crippen molar-refractivity contribution in [1.29, 1.82) is 0 Å². The second-order valence-electron chi connectivity index (χ2n) is 7.87. The fraction of sp³-hybridized carbons (Fsp3) is 0.115. The van der Waals surface area contributed by atoms with Crippen molar-refractivity contribution < 1.29 is 53.8 Å². The Balaban J connectivity index is 2.10. The van der Waals surface area contributed by atoms with Crippen molar-refractivity contribution in [2.45, 2.75) is 18.3 Å². The highest BCUT2D eigenvalue weighted by molar-refractivity contribution is 5.78. The zero-order valence-corrected chi connectivity index (χ0v) is 19.1. The third-order valence-electron chi connectivity index (χ3n) is 5.65. The van der Waals surface area contributed by atoms with Crippen LogP contribution in [0.1, 0.15) is 29.2 Å². The summed E-state index contributed by atoms with van der Waals surface area (Å²) in [4.78, 5) is 10.7. The number of halogens is 9. The van der Waals surface area contributed by atoms with Gasteiger partial charge in [0.1, 0.15) is 11.5 Å². The van der Waals surface area contributed by atoms with Crippen LogP contribution in [0.4, 0.5) is 39.5 Å². The summed E-state index contributed by atoms with van der Waals surface area (Å²) >= 11 is 0. The summed E-state index contributed by atoms with van der Waals surface area (Å²) in [6, 6.07) is 7.01. The fourth-order valence-corrected chi connectivity index (χ4v) is 3.62. The molecule has 0 spiro atoms. The van der Waals surface area contributed by atoms with E-state index >= 15 is 0 Å². The molecular formula is C26H15F9O3. The zero-order chi connectivity index (χ0) is 28.3. The molecule has 0 unspecified atom stereocenters. The molecule has 0 radical (unpaired) electrons. The van der Waals surface area contributed by atoms with Crippen molar-refractivity contribution in [2.24, 2.45) is 0 Å². The lowest BCUT2D eigenvalue weighted by Gasteiger charge is -2.32. The van der Waals surface area contributed by atoms with Gasteiger partial charge >= 0.3 is 36.1 Å². The van der Waals surface area contributed by atoms with Crippen LogP contribution in [-0.4, -0.2) is 6.04 Å². The molecule has 0 aliphatic rings. The van der Waals surface area contributed by atoms with Gasteiger partial charge in [0.15, 0.2) is 0 Å². The first-order valence-corrected chi connectivity index (χ1v) is 10.4. The van der Waals surface area contributed by atoms with E-state index in [1.807, 2.05) is 0 Å². The normalized spacial score (nSPS) is 11.5. The maximum atomic E-state index is 13.8. The molecule has 0 atom stereocenters. The number of carbonyl (C=O) groups is 1. The summed E-state index contributed by atoms with van der Waals surface area (Å²) in [6.07, 6.45) is -5.35. The van der Waals surface area contributed by atoms with E-state index in [0.29, 0.717) is 16.7 Å². The summed E-state index contributed by atoms with van der Waals surface area (Å²) in [6.45, 7) is 1.59. The Labute approximate surface area is 209 Å². The number of benzene rings is 3. The zero-order valence-electron chi connectivity index (χ0n) is 19.1. The summed E-state index contributed by atoms with van der Waals surface area (Å²) < 4.78 is 125. The maximum absolute atomic E-state index is 13.8. The molecule has 0 fully saturated rings. The molecule has 3 aromatic rings. The van der Waals surface area contributed by atoms with Crippen LogP contribution in [0.3, 0.4) is 0 Å². The Kier molecular flexibility index (Phi) is 8.23. The predicted molar refractivity (Wildman–Crippen MR) is 117 cm³/mol. The molecule has 0 aromatic heterocycles. The van der Waals surface area contributed by atoms with Crippen molar-refractivity contribution >= 4 is 6.04 Å². The highest BCUT2D eigenvalue weighted by Gasteiger charge is 2.42. The standard InChI is InChI=1S/C26H15F9O3/c1-25(14-2-4-17(5-3-14)26(34,35)24(33)36,15-6-10-18(11-7-15)37-22(31)20(27)28)16-8-12-19(13-9-16)38-23(32)21(29)30/h2-13H,1H3. The van der Waals surface area contributed by atoms with Crippen molar-refractivity contribution in [3.8, 4) is 11.5 Å². The molecule has 0 saturated heterocycles. The molecule has 200 valence electrons. The van der Waals surface area contributed by atoms with E-state index in [9.17, 15) is 44.3 Å². The maximum Gasteiger partial charge on any atom is 0.375 e. The van der Waals surface area contributed by atoms with Crippen molar-refractivity contribution in [3.05, 3.63) is 119 Å². The van der Waals surface area contributed by atoms with Crippen LogP contribution in [0.25, 0.3) is 0 Å². The van der Waals surface area contributed by atoms with E-state index in [1.165, 1.54) is 36.4 Å². The molecule has 3 aromatic carbocycles. The quantitative estimate of drug-likeness (QED) is 0.117. The molecule has 3 rings (SSSR count). The molecule has 0 amide bonds. The summed E-state index contributed by atoms with van der Waals surface area (Å²) in [7, 11) is 0. The largest absolute Gasteiger partial charge is 0.428 e. The van der Waals surface area contributed by atoms with E-state index in [2.05, 4.69) is 9.47 Å². The van der Waals surface area contributed by atoms with Crippen LogP contribution < -0.4 is 9.47 Å². The fourth-order valence-electron chi connectivity index (χ4n) is 3.62. The van der Waals surface area contributed by atoms with Crippen LogP contribution in [0, 0.1) is 0 Å². The van der Waals surface area contributed by atoms with Gasteiger partial charge in [0, 0.05) is 11.0 Å². The van der Waals surface area contributed by atoms with E-state index in [4.69, 9.17) is 0 Å². The van der Waals surface area contributed by atoms with Crippen LogP contribution in [-0.2, 0) is 16.1 Å². The van der Waals surface area contributed by atoms with Gasteiger partial charge in [-0.05, 0) is 47.9 Å². The SMILES string of the molecule is CC(c1ccc(OC(F)=C(F)F)cc1)(c1ccc(OC(F)=C(F)F)cc1)c1ccc(C(F)(F)C(=O)F)cc1. The predicted octanol–water partition coefficient (Wildman–Crippen LogP) is 8.46. The molecule has 3 nitrogen and oxygen atoms in total. The molecule has 0 aliphatic carbocycles. The van der Waals surface area contributed by atoms with Gasteiger partial charge in [-0.1, -0.05) is 48.5 Å². The minimum atomic E-state index is -4.39. The van der Waals surface area contributed by atoms with E-state index < -0.39 is 47.1 Å². The molecule has 0 N–H and O–H groups in total. The van der Waals surface area contributed by atoms with Crippen LogP contribution in [0.5, 0.6) is 11.5 Å². The summed E-state index contributed by atoms with van der Waals surface area (Å²) in [5.74, 6) is -4.98. The number of alkyl halides is 2. The number of rotatable bonds is 9. The Morgan fingerprint density at radius 2 is 0.842 bits per heavy atom. The highest BCUT2D eigenvalue weighted by atomic mass is 19.3. The van der Waals surface area contributed by atoms with Crippen molar-refractivity contribution in [3.63, 3.8) is 0 Å². The molecule has 0 saturated carbocycles. The lowest BCUT2D eigenvalue weighted by atomic mass is 9.71. The second-order valence-corrected chi connectivity index (χ2v) is 7.87.